The minimum atomic E-state index is -0.179. The number of hydrogen-bond acceptors (Lipinski definition) is 3. The van der Waals surface area contributed by atoms with Crippen LogP contribution in [0.3, 0.4) is 0 Å². The zero-order valence-corrected chi connectivity index (χ0v) is 14.0. The number of amides is 1. The van der Waals surface area contributed by atoms with Gasteiger partial charge in [0.1, 0.15) is 11.5 Å². The summed E-state index contributed by atoms with van der Waals surface area (Å²) in [7, 11) is 0. The second-order valence-electron chi connectivity index (χ2n) is 5.03. The molecule has 0 aliphatic carbocycles. The summed E-state index contributed by atoms with van der Waals surface area (Å²) in [5, 5.41) is 3.53. The lowest BCUT2D eigenvalue weighted by Crippen LogP contribution is -2.31. The first-order valence-corrected chi connectivity index (χ1v) is 7.86. The van der Waals surface area contributed by atoms with Gasteiger partial charge in [0.2, 0.25) is 0 Å². The summed E-state index contributed by atoms with van der Waals surface area (Å²) in [6, 6.07) is 14.5. The maximum Gasteiger partial charge on any atom is 0.258 e. The van der Waals surface area contributed by atoms with E-state index < -0.39 is 0 Å². The standard InChI is InChI=1S/C18H20ClNO3/c1-3-22-16-8-4-14(5-9-16)13(2)20-18(21)12-23-17-10-6-15(19)7-11-17/h4-11,13H,3,12H2,1-2H3,(H,20,21)/t13-/m0/s1. The van der Waals surface area contributed by atoms with Gasteiger partial charge in [0, 0.05) is 5.02 Å². The molecule has 0 spiro atoms. The number of nitrogens with one attached hydrogen (secondary N) is 1. The Morgan fingerprint density at radius 2 is 1.61 bits per heavy atom. The van der Waals surface area contributed by atoms with Crippen molar-refractivity contribution in [1.82, 2.24) is 5.32 Å². The van der Waals surface area contributed by atoms with Gasteiger partial charge in [-0.1, -0.05) is 23.7 Å². The summed E-state index contributed by atoms with van der Waals surface area (Å²) in [6.07, 6.45) is 0. The number of benzene rings is 2. The lowest BCUT2D eigenvalue weighted by molar-refractivity contribution is -0.123. The Kier molecular flexibility index (Phi) is 6.29. The monoisotopic (exact) mass is 333 g/mol. The second-order valence-corrected chi connectivity index (χ2v) is 5.47. The van der Waals surface area contributed by atoms with Crippen LogP contribution in [0.1, 0.15) is 25.5 Å². The van der Waals surface area contributed by atoms with Crippen molar-refractivity contribution in [2.24, 2.45) is 0 Å². The fourth-order valence-electron chi connectivity index (χ4n) is 2.07. The van der Waals surface area contributed by atoms with E-state index >= 15 is 0 Å². The number of carbonyl (C=O) groups excluding carboxylic acids is 1. The molecule has 0 aliphatic rings. The van der Waals surface area contributed by atoms with Crippen LogP contribution in [0.25, 0.3) is 0 Å². The van der Waals surface area contributed by atoms with E-state index in [4.69, 9.17) is 21.1 Å². The zero-order valence-electron chi connectivity index (χ0n) is 13.2. The number of halogens is 1. The first kappa shape index (κ1) is 17.2. The molecule has 1 N–H and O–H groups in total. The fourth-order valence-corrected chi connectivity index (χ4v) is 2.19. The average molecular weight is 334 g/mol. The third-order valence-electron chi connectivity index (χ3n) is 3.25. The number of rotatable bonds is 7. The molecule has 0 saturated carbocycles. The summed E-state index contributed by atoms with van der Waals surface area (Å²) in [6.45, 7) is 4.46. The maximum atomic E-state index is 11.9. The third kappa shape index (κ3) is 5.49. The number of carbonyl (C=O) groups is 1. The molecule has 4 nitrogen and oxygen atoms in total. The smallest absolute Gasteiger partial charge is 0.258 e. The van der Waals surface area contributed by atoms with Crippen molar-refractivity contribution in [3.63, 3.8) is 0 Å². The molecule has 2 aromatic carbocycles. The van der Waals surface area contributed by atoms with Crippen LogP contribution in [0.4, 0.5) is 0 Å². The van der Waals surface area contributed by atoms with Gasteiger partial charge in [-0.3, -0.25) is 4.79 Å². The zero-order chi connectivity index (χ0) is 16.7. The van der Waals surface area contributed by atoms with Crippen molar-refractivity contribution < 1.29 is 14.3 Å². The molecule has 2 aromatic rings. The Morgan fingerprint density at radius 3 is 2.22 bits per heavy atom. The number of ether oxygens (including phenoxy) is 2. The van der Waals surface area contributed by atoms with Gasteiger partial charge < -0.3 is 14.8 Å². The highest BCUT2D eigenvalue weighted by Crippen LogP contribution is 2.18. The molecule has 5 heteroatoms. The topological polar surface area (TPSA) is 47.6 Å². The van der Waals surface area contributed by atoms with Crippen molar-refractivity contribution in [2.45, 2.75) is 19.9 Å². The van der Waals surface area contributed by atoms with Gasteiger partial charge in [-0.25, -0.2) is 0 Å². The van der Waals surface area contributed by atoms with Gasteiger partial charge in [0.05, 0.1) is 12.6 Å². The first-order valence-electron chi connectivity index (χ1n) is 7.49. The van der Waals surface area contributed by atoms with E-state index in [-0.39, 0.29) is 18.6 Å². The van der Waals surface area contributed by atoms with Gasteiger partial charge in [0.25, 0.3) is 5.91 Å². The van der Waals surface area contributed by atoms with E-state index in [0.29, 0.717) is 17.4 Å². The highest BCUT2D eigenvalue weighted by molar-refractivity contribution is 6.30. The molecule has 0 unspecified atom stereocenters. The highest BCUT2D eigenvalue weighted by atomic mass is 35.5. The number of hydrogen-bond donors (Lipinski definition) is 1. The Bertz CT molecular complexity index is 626. The average Bonchev–Trinajstić information content (AvgIpc) is 2.55. The van der Waals surface area contributed by atoms with Crippen LogP contribution in [0.15, 0.2) is 48.5 Å². The molecular formula is C18H20ClNO3. The molecule has 0 radical (unpaired) electrons. The van der Waals surface area contributed by atoms with Gasteiger partial charge >= 0.3 is 0 Å². The van der Waals surface area contributed by atoms with Crippen molar-refractivity contribution >= 4 is 17.5 Å². The molecule has 2 rings (SSSR count). The lowest BCUT2D eigenvalue weighted by Gasteiger charge is -2.15. The predicted octanol–water partition coefficient (Wildman–Crippen LogP) is 3.99. The minimum absolute atomic E-state index is 0.0387. The Hall–Kier alpha value is -2.20. The fraction of sp³-hybridized carbons (Fsp3) is 0.278. The molecule has 0 aliphatic heterocycles. The van der Waals surface area contributed by atoms with E-state index in [2.05, 4.69) is 5.32 Å². The summed E-state index contributed by atoms with van der Waals surface area (Å²) in [5.74, 6) is 1.25. The molecule has 0 aromatic heterocycles. The molecule has 0 fully saturated rings. The highest BCUT2D eigenvalue weighted by Gasteiger charge is 2.10. The molecular weight excluding hydrogens is 314 g/mol. The molecule has 1 atom stereocenters. The molecule has 0 heterocycles. The quantitative estimate of drug-likeness (QED) is 0.833. The summed E-state index contributed by atoms with van der Waals surface area (Å²) < 4.78 is 10.8. The van der Waals surface area contributed by atoms with Crippen LogP contribution in [0.5, 0.6) is 11.5 Å². The molecule has 23 heavy (non-hydrogen) atoms. The van der Waals surface area contributed by atoms with E-state index in [1.54, 1.807) is 24.3 Å². The van der Waals surface area contributed by atoms with Gasteiger partial charge in [0.15, 0.2) is 6.61 Å². The van der Waals surface area contributed by atoms with Crippen molar-refractivity contribution in [3.8, 4) is 11.5 Å². The second kappa shape index (κ2) is 8.44. The van der Waals surface area contributed by atoms with Crippen LogP contribution in [-0.2, 0) is 4.79 Å². The predicted molar refractivity (Wildman–Crippen MR) is 91.1 cm³/mol. The Morgan fingerprint density at radius 1 is 1.04 bits per heavy atom. The van der Waals surface area contributed by atoms with Gasteiger partial charge in [-0.2, -0.15) is 0 Å². The van der Waals surface area contributed by atoms with Crippen LogP contribution in [0.2, 0.25) is 5.02 Å². The van der Waals surface area contributed by atoms with Gasteiger partial charge in [-0.15, -0.1) is 0 Å². The van der Waals surface area contributed by atoms with Crippen LogP contribution in [0, 0.1) is 0 Å². The molecule has 0 saturated heterocycles. The first-order chi connectivity index (χ1) is 11.1. The lowest BCUT2D eigenvalue weighted by atomic mass is 10.1. The van der Waals surface area contributed by atoms with Crippen molar-refractivity contribution in [3.05, 3.63) is 59.1 Å². The minimum Gasteiger partial charge on any atom is -0.494 e. The SMILES string of the molecule is CCOc1ccc([C@H](C)NC(=O)COc2ccc(Cl)cc2)cc1. The van der Waals surface area contributed by atoms with Crippen LogP contribution in [-0.4, -0.2) is 19.1 Å². The normalized spacial score (nSPS) is 11.6. The van der Waals surface area contributed by atoms with Crippen LogP contribution < -0.4 is 14.8 Å². The van der Waals surface area contributed by atoms with Crippen molar-refractivity contribution in [1.29, 1.82) is 0 Å². The molecule has 122 valence electrons. The molecule has 1 amide bonds. The van der Waals surface area contributed by atoms with E-state index in [9.17, 15) is 4.79 Å². The summed E-state index contributed by atoms with van der Waals surface area (Å²) >= 11 is 5.80. The Labute approximate surface area is 141 Å². The summed E-state index contributed by atoms with van der Waals surface area (Å²) in [5.41, 5.74) is 1.01. The summed E-state index contributed by atoms with van der Waals surface area (Å²) in [4.78, 5) is 11.9. The van der Waals surface area contributed by atoms with E-state index in [0.717, 1.165) is 11.3 Å². The van der Waals surface area contributed by atoms with Crippen molar-refractivity contribution in [2.75, 3.05) is 13.2 Å². The maximum absolute atomic E-state index is 11.9. The molecule has 0 bridgehead atoms. The largest absolute Gasteiger partial charge is 0.494 e. The van der Waals surface area contributed by atoms with E-state index in [1.165, 1.54) is 0 Å². The van der Waals surface area contributed by atoms with Crippen LogP contribution >= 0.6 is 11.6 Å². The Balaban J connectivity index is 1.82. The third-order valence-corrected chi connectivity index (χ3v) is 3.50. The van der Waals surface area contributed by atoms with E-state index in [1.807, 2.05) is 38.1 Å². The van der Waals surface area contributed by atoms with Gasteiger partial charge in [-0.05, 0) is 55.8 Å².